The number of ether oxygens (including phenoxy) is 1. The van der Waals surface area contributed by atoms with E-state index in [-0.39, 0.29) is 11.9 Å². The van der Waals surface area contributed by atoms with Crippen LogP contribution in [0.15, 0.2) is 42.5 Å². The van der Waals surface area contributed by atoms with Gasteiger partial charge in [0.05, 0.1) is 10.0 Å². The highest BCUT2D eigenvalue weighted by Gasteiger charge is 2.24. The Morgan fingerprint density at radius 2 is 1.95 bits per heavy atom. The number of hydrogen-bond donors (Lipinski definition) is 1. The lowest BCUT2D eigenvalue weighted by Gasteiger charge is -2.31. The van der Waals surface area contributed by atoms with E-state index in [4.69, 9.17) is 27.9 Å². The first kappa shape index (κ1) is 15.6. The van der Waals surface area contributed by atoms with Crippen molar-refractivity contribution in [1.29, 1.82) is 0 Å². The summed E-state index contributed by atoms with van der Waals surface area (Å²) in [6.07, 6.45) is 0.672. The van der Waals surface area contributed by atoms with Crippen molar-refractivity contribution in [3.8, 4) is 5.75 Å². The molecule has 0 radical (unpaired) electrons. The van der Waals surface area contributed by atoms with Gasteiger partial charge in [0.2, 0.25) is 0 Å². The zero-order valence-corrected chi connectivity index (χ0v) is 13.4. The Morgan fingerprint density at radius 1 is 1.14 bits per heavy atom. The van der Waals surface area contributed by atoms with E-state index in [0.717, 1.165) is 25.1 Å². The van der Waals surface area contributed by atoms with Crippen molar-refractivity contribution < 1.29 is 9.13 Å². The summed E-state index contributed by atoms with van der Waals surface area (Å²) in [5, 5.41) is 4.26. The fraction of sp³-hybridized carbons (Fsp3) is 0.294. The highest BCUT2D eigenvalue weighted by atomic mass is 35.5. The van der Waals surface area contributed by atoms with Crippen LogP contribution in [0.5, 0.6) is 5.75 Å². The van der Waals surface area contributed by atoms with Crippen LogP contribution in [0.25, 0.3) is 0 Å². The highest BCUT2D eigenvalue weighted by molar-refractivity contribution is 6.42. The van der Waals surface area contributed by atoms with E-state index >= 15 is 0 Å². The van der Waals surface area contributed by atoms with E-state index in [1.165, 1.54) is 12.1 Å². The molecule has 0 bridgehead atoms. The van der Waals surface area contributed by atoms with Crippen molar-refractivity contribution in [1.82, 2.24) is 5.32 Å². The van der Waals surface area contributed by atoms with Gasteiger partial charge in [0, 0.05) is 6.07 Å². The molecule has 116 valence electrons. The molecule has 1 N–H and O–H groups in total. The van der Waals surface area contributed by atoms with Crippen molar-refractivity contribution in [3.05, 3.63) is 63.9 Å². The average molecular weight is 340 g/mol. The van der Waals surface area contributed by atoms with Gasteiger partial charge in [0.25, 0.3) is 0 Å². The van der Waals surface area contributed by atoms with Crippen molar-refractivity contribution in [3.63, 3.8) is 0 Å². The lowest BCUT2D eigenvalue weighted by Crippen LogP contribution is -2.43. The van der Waals surface area contributed by atoms with Crippen LogP contribution in [0.2, 0.25) is 10.0 Å². The van der Waals surface area contributed by atoms with Gasteiger partial charge in [-0.25, -0.2) is 4.39 Å². The maximum Gasteiger partial charge on any atom is 0.126 e. The Balaban J connectivity index is 1.83. The maximum atomic E-state index is 13.3. The molecular weight excluding hydrogens is 324 g/mol. The summed E-state index contributed by atoms with van der Waals surface area (Å²) < 4.78 is 19.4. The number of halogens is 3. The van der Waals surface area contributed by atoms with Crippen LogP contribution in [-0.2, 0) is 0 Å². The Labute approximate surface area is 139 Å². The van der Waals surface area contributed by atoms with Gasteiger partial charge in [0.1, 0.15) is 17.7 Å². The standard InChI is InChI=1S/C17H16Cl2FNO/c18-15-5-4-12(7-16(15)19)17(6-11-9-21-10-11)22-14-3-1-2-13(20)8-14/h1-5,7-8,11,17,21H,6,9-10H2. The summed E-state index contributed by atoms with van der Waals surface area (Å²) in [7, 11) is 0. The number of nitrogens with one attached hydrogen (secondary N) is 1. The molecule has 1 aliphatic heterocycles. The van der Waals surface area contributed by atoms with Crippen LogP contribution in [0.1, 0.15) is 18.1 Å². The van der Waals surface area contributed by atoms with Crippen LogP contribution in [-0.4, -0.2) is 13.1 Å². The molecule has 1 heterocycles. The molecule has 22 heavy (non-hydrogen) atoms. The van der Waals surface area contributed by atoms with Crippen LogP contribution in [0.3, 0.4) is 0 Å². The smallest absolute Gasteiger partial charge is 0.126 e. The minimum absolute atomic E-state index is 0.177. The van der Waals surface area contributed by atoms with Gasteiger partial charge < -0.3 is 10.1 Å². The number of rotatable bonds is 5. The summed E-state index contributed by atoms with van der Waals surface area (Å²) in [6, 6.07) is 11.7. The third-order valence-electron chi connectivity index (χ3n) is 3.80. The minimum atomic E-state index is -0.310. The van der Waals surface area contributed by atoms with E-state index in [1.807, 2.05) is 12.1 Å². The van der Waals surface area contributed by atoms with Crippen LogP contribution < -0.4 is 10.1 Å². The van der Waals surface area contributed by atoms with E-state index in [2.05, 4.69) is 5.32 Å². The second-order valence-corrected chi connectivity index (χ2v) is 6.31. The molecule has 1 saturated heterocycles. The summed E-state index contributed by atoms with van der Waals surface area (Å²) in [4.78, 5) is 0. The Morgan fingerprint density at radius 3 is 2.59 bits per heavy atom. The van der Waals surface area contributed by atoms with Gasteiger partial charge >= 0.3 is 0 Å². The van der Waals surface area contributed by atoms with Crippen LogP contribution in [0, 0.1) is 11.7 Å². The van der Waals surface area contributed by atoms with E-state index < -0.39 is 0 Å². The Bertz CT molecular complexity index is 661. The lowest BCUT2D eigenvalue weighted by molar-refractivity contribution is 0.149. The molecule has 0 spiro atoms. The molecule has 0 saturated carbocycles. The summed E-state index contributed by atoms with van der Waals surface area (Å²) in [6.45, 7) is 1.95. The fourth-order valence-corrected chi connectivity index (χ4v) is 2.79. The molecular formula is C17H16Cl2FNO. The second-order valence-electron chi connectivity index (χ2n) is 5.50. The van der Waals surface area contributed by atoms with Gasteiger partial charge in [-0.3, -0.25) is 0 Å². The Kier molecular flexibility index (Phi) is 4.87. The average Bonchev–Trinajstić information content (AvgIpc) is 2.44. The molecule has 1 aliphatic rings. The molecule has 1 fully saturated rings. The molecule has 0 amide bonds. The molecule has 5 heteroatoms. The highest BCUT2D eigenvalue weighted by Crippen LogP contribution is 2.33. The predicted octanol–water partition coefficient (Wildman–Crippen LogP) is 4.86. The first-order valence-electron chi connectivity index (χ1n) is 7.19. The summed E-state index contributed by atoms with van der Waals surface area (Å²) in [5.41, 5.74) is 0.950. The third-order valence-corrected chi connectivity index (χ3v) is 4.54. The van der Waals surface area contributed by atoms with Crippen LogP contribution in [0.4, 0.5) is 4.39 Å². The van der Waals surface area contributed by atoms with E-state index in [0.29, 0.717) is 21.7 Å². The van der Waals surface area contributed by atoms with E-state index in [9.17, 15) is 4.39 Å². The number of hydrogen-bond acceptors (Lipinski definition) is 2. The largest absolute Gasteiger partial charge is 0.486 e. The normalized spacial score (nSPS) is 16.1. The first-order chi connectivity index (χ1) is 10.6. The first-order valence-corrected chi connectivity index (χ1v) is 7.95. The summed E-state index contributed by atoms with van der Waals surface area (Å²) in [5.74, 6) is 0.757. The van der Waals surface area contributed by atoms with Gasteiger partial charge in [-0.15, -0.1) is 0 Å². The fourth-order valence-electron chi connectivity index (χ4n) is 2.49. The van der Waals surface area contributed by atoms with Gasteiger partial charge in [-0.05, 0) is 55.3 Å². The summed E-state index contributed by atoms with van der Waals surface area (Å²) >= 11 is 12.1. The van der Waals surface area contributed by atoms with Crippen molar-refractivity contribution in [2.45, 2.75) is 12.5 Å². The molecule has 2 nitrogen and oxygen atoms in total. The SMILES string of the molecule is Fc1cccc(OC(CC2CNC2)c2ccc(Cl)c(Cl)c2)c1. The number of benzene rings is 2. The Hall–Kier alpha value is -1.29. The van der Waals surface area contributed by atoms with Gasteiger partial charge in [0.15, 0.2) is 0 Å². The molecule has 1 atom stereocenters. The quantitative estimate of drug-likeness (QED) is 0.839. The van der Waals surface area contributed by atoms with Gasteiger partial charge in [-0.1, -0.05) is 35.3 Å². The molecule has 2 aromatic rings. The van der Waals surface area contributed by atoms with Gasteiger partial charge in [-0.2, -0.15) is 0 Å². The monoisotopic (exact) mass is 339 g/mol. The zero-order chi connectivity index (χ0) is 15.5. The molecule has 2 aromatic carbocycles. The maximum absolute atomic E-state index is 13.3. The minimum Gasteiger partial charge on any atom is -0.486 e. The second kappa shape index (κ2) is 6.86. The lowest BCUT2D eigenvalue weighted by atomic mass is 9.92. The third kappa shape index (κ3) is 3.72. The topological polar surface area (TPSA) is 21.3 Å². The predicted molar refractivity (Wildman–Crippen MR) is 87.2 cm³/mol. The van der Waals surface area contributed by atoms with Crippen LogP contribution >= 0.6 is 23.2 Å². The molecule has 1 unspecified atom stereocenters. The molecule has 3 rings (SSSR count). The van der Waals surface area contributed by atoms with Crippen molar-refractivity contribution in [2.75, 3.05) is 13.1 Å². The zero-order valence-electron chi connectivity index (χ0n) is 11.9. The van der Waals surface area contributed by atoms with Crippen molar-refractivity contribution in [2.24, 2.45) is 5.92 Å². The van der Waals surface area contributed by atoms with E-state index in [1.54, 1.807) is 18.2 Å². The van der Waals surface area contributed by atoms with Crippen molar-refractivity contribution >= 4 is 23.2 Å². The molecule has 0 aromatic heterocycles. The molecule has 0 aliphatic carbocycles.